The molecule has 0 saturated heterocycles. The molecule has 0 spiro atoms. The predicted molar refractivity (Wildman–Crippen MR) is 63.2 cm³/mol. The molecule has 3 nitrogen and oxygen atoms in total. The molecular formula is C13H11N3. The van der Waals surface area contributed by atoms with Gasteiger partial charge < -0.3 is 0 Å². The number of pyridine rings is 2. The number of aryl methyl sites for hydroxylation is 1. The van der Waals surface area contributed by atoms with E-state index in [4.69, 9.17) is 0 Å². The summed E-state index contributed by atoms with van der Waals surface area (Å²) in [5.41, 5.74) is 4.35. The molecule has 78 valence electrons. The van der Waals surface area contributed by atoms with Gasteiger partial charge in [-0.25, -0.2) is 4.52 Å². The molecule has 0 unspecified atom stereocenters. The first-order valence-electron chi connectivity index (χ1n) is 5.19. The summed E-state index contributed by atoms with van der Waals surface area (Å²) < 4.78 is 1.88. The zero-order valence-corrected chi connectivity index (χ0v) is 8.96. The summed E-state index contributed by atoms with van der Waals surface area (Å²) in [6.07, 6.45) is 5.57. The summed E-state index contributed by atoms with van der Waals surface area (Å²) in [5.74, 6) is 0. The molecule has 3 aromatic rings. The van der Waals surface area contributed by atoms with Crippen LogP contribution in [0.4, 0.5) is 0 Å². The molecule has 3 heterocycles. The molecule has 0 radical (unpaired) electrons. The molecule has 0 fully saturated rings. The van der Waals surface area contributed by atoms with Crippen molar-refractivity contribution in [1.29, 1.82) is 0 Å². The van der Waals surface area contributed by atoms with E-state index in [-0.39, 0.29) is 0 Å². The van der Waals surface area contributed by atoms with Crippen molar-refractivity contribution < 1.29 is 0 Å². The number of nitrogens with zero attached hydrogens (tertiary/aromatic N) is 3. The molecule has 0 amide bonds. The largest absolute Gasteiger partial charge is 0.264 e. The van der Waals surface area contributed by atoms with Crippen molar-refractivity contribution in [3.8, 4) is 11.3 Å². The van der Waals surface area contributed by atoms with Gasteiger partial charge in [0.25, 0.3) is 0 Å². The van der Waals surface area contributed by atoms with Crippen LogP contribution in [0.25, 0.3) is 16.8 Å². The van der Waals surface area contributed by atoms with Gasteiger partial charge in [-0.3, -0.25) is 4.98 Å². The predicted octanol–water partition coefficient (Wildman–Crippen LogP) is 2.70. The average Bonchev–Trinajstić information content (AvgIpc) is 2.73. The fraction of sp³-hybridized carbons (Fsp3) is 0.0769. The fourth-order valence-electron chi connectivity index (χ4n) is 1.76. The molecule has 0 aliphatic carbocycles. The topological polar surface area (TPSA) is 30.2 Å². The molecule has 3 heteroatoms. The normalized spacial score (nSPS) is 10.8. The van der Waals surface area contributed by atoms with Crippen molar-refractivity contribution in [3.05, 3.63) is 54.5 Å². The molecule has 0 atom stereocenters. The van der Waals surface area contributed by atoms with Crippen LogP contribution in [0.2, 0.25) is 0 Å². The van der Waals surface area contributed by atoms with Gasteiger partial charge in [-0.1, -0.05) is 0 Å². The fourth-order valence-corrected chi connectivity index (χ4v) is 1.76. The van der Waals surface area contributed by atoms with Crippen molar-refractivity contribution in [2.75, 3.05) is 0 Å². The van der Waals surface area contributed by atoms with E-state index in [1.54, 1.807) is 6.20 Å². The Kier molecular flexibility index (Phi) is 1.96. The van der Waals surface area contributed by atoms with E-state index in [1.807, 2.05) is 35.1 Å². The Morgan fingerprint density at radius 2 is 2.12 bits per heavy atom. The van der Waals surface area contributed by atoms with E-state index in [0.717, 1.165) is 16.8 Å². The molecule has 3 rings (SSSR count). The Bertz CT molecular complexity index is 626. The minimum Gasteiger partial charge on any atom is -0.264 e. The maximum atomic E-state index is 4.50. The second-order valence-electron chi connectivity index (χ2n) is 3.84. The molecule has 3 aromatic heterocycles. The van der Waals surface area contributed by atoms with Gasteiger partial charge in [-0.2, -0.15) is 5.10 Å². The lowest BCUT2D eigenvalue weighted by Gasteiger charge is -1.93. The summed E-state index contributed by atoms with van der Waals surface area (Å²) >= 11 is 0. The molecule has 0 aliphatic heterocycles. The number of fused-ring (bicyclic) bond motifs is 1. The Morgan fingerprint density at radius 1 is 1.19 bits per heavy atom. The number of hydrogen-bond donors (Lipinski definition) is 0. The second-order valence-corrected chi connectivity index (χ2v) is 3.84. The quantitative estimate of drug-likeness (QED) is 0.616. The third-order valence-electron chi connectivity index (χ3n) is 2.58. The van der Waals surface area contributed by atoms with Crippen LogP contribution in [0, 0.1) is 6.92 Å². The Hall–Kier alpha value is -2.16. The van der Waals surface area contributed by atoms with Crippen LogP contribution in [0.1, 0.15) is 5.56 Å². The second kappa shape index (κ2) is 3.45. The van der Waals surface area contributed by atoms with E-state index >= 15 is 0 Å². The first-order valence-corrected chi connectivity index (χ1v) is 5.19. The minimum absolute atomic E-state index is 0.957. The standard InChI is InChI=1S/C13H11N3/c1-10-4-6-16-12(7-10)8-13(15-16)11-3-2-5-14-9-11/h2-9H,1H3. The van der Waals surface area contributed by atoms with Crippen LogP contribution in [-0.2, 0) is 0 Å². The molecule has 0 bridgehead atoms. The van der Waals surface area contributed by atoms with Crippen LogP contribution >= 0.6 is 0 Å². The van der Waals surface area contributed by atoms with Gasteiger partial charge in [-0.15, -0.1) is 0 Å². The lowest BCUT2D eigenvalue weighted by atomic mass is 10.2. The van der Waals surface area contributed by atoms with Gasteiger partial charge in [0.05, 0.1) is 11.2 Å². The highest BCUT2D eigenvalue weighted by Gasteiger charge is 2.03. The number of rotatable bonds is 1. The molecule has 0 aliphatic rings. The highest BCUT2D eigenvalue weighted by molar-refractivity contribution is 5.65. The van der Waals surface area contributed by atoms with Gasteiger partial charge in [-0.05, 0) is 42.8 Å². The summed E-state index contributed by atoms with van der Waals surface area (Å²) in [6.45, 7) is 2.08. The third-order valence-corrected chi connectivity index (χ3v) is 2.58. The number of hydrogen-bond acceptors (Lipinski definition) is 2. The van der Waals surface area contributed by atoms with Gasteiger partial charge in [0, 0.05) is 24.2 Å². The zero-order chi connectivity index (χ0) is 11.0. The monoisotopic (exact) mass is 209 g/mol. The van der Waals surface area contributed by atoms with Crippen LogP contribution in [-0.4, -0.2) is 14.6 Å². The summed E-state index contributed by atoms with van der Waals surface area (Å²) in [6, 6.07) is 10.2. The Labute approximate surface area is 93.4 Å². The zero-order valence-electron chi connectivity index (χ0n) is 8.96. The maximum absolute atomic E-state index is 4.50. The van der Waals surface area contributed by atoms with E-state index in [2.05, 4.69) is 29.1 Å². The van der Waals surface area contributed by atoms with Crippen LogP contribution in [0.5, 0.6) is 0 Å². The molecule has 0 aromatic carbocycles. The van der Waals surface area contributed by atoms with Gasteiger partial charge in [0.15, 0.2) is 0 Å². The number of aromatic nitrogens is 3. The van der Waals surface area contributed by atoms with E-state index in [1.165, 1.54) is 5.56 Å². The molecule has 0 saturated carbocycles. The van der Waals surface area contributed by atoms with Crippen LogP contribution < -0.4 is 0 Å². The van der Waals surface area contributed by atoms with Crippen LogP contribution in [0.15, 0.2) is 48.9 Å². The summed E-state index contributed by atoms with van der Waals surface area (Å²) in [7, 11) is 0. The molecule has 16 heavy (non-hydrogen) atoms. The smallest absolute Gasteiger partial charge is 0.0949 e. The average molecular weight is 209 g/mol. The SMILES string of the molecule is Cc1ccn2nc(-c3cccnc3)cc2c1. The highest BCUT2D eigenvalue weighted by Crippen LogP contribution is 2.18. The van der Waals surface area contributed by atoms with Crippen molar-refractivity contribution in [1.82, 2.24) is 14.6 Å². The van der Waals surface area contributed by atoms with Crippen molar-refractivity contribution in [3.63, 3.8) is 0 Å². The van der Waals surface area contributed by atoms with E-state index in [9.17, 15) is 0 Å². The minimum atomic E-state index is 0.957. The molecule has 0 N–H and O–H groups in total. The first-order chi connectivity index (χ1) is 7.83. The Morgan fingerprint density at radius 3 is 2.94 bits per heavy atom. The van der Waals surface area contributed by atoms with Gasteiger partial charge >= 0.3 is 0 Å². The first kappa shape index (κ1) is 9.09. The van der Waals surface area contributed by atoms with Gasteiger partial charge in [0.2, 0.25) is 0 Å². The van der Waals surface area contributed by atoms with Crippen molar-refractivity contribution >= 4 is 5.52 Å². The van der Waals surface area contributed by atoms with E-state index in [0.29, 0.717) is 0 Å². The third kappa shape index (κ3) is 1.46. The van der Waals surface area contributed by atoms with Crippen molar-refractivity contribution in [2.24, 2.45) is 0 Å². The Balaban J connectivity index is 2.19. The summed E-state index contributed by atoms with van der Waals surface area (Å²) in [5, 5.41) is 4.50. The van der Waals surface area contributed by atoms with E-state index < -0.39 is 0 Å². The van der Waals surface area contributed by atoms with Crippen molar-refractivity contribution in [2.45, 2.75) is 6.92 Å². The molecular weight excluding hydrogens is 198 g/mol. The highest BCUT2D eigenvalue weighted by atomic mass is 15.2. The summed E-state index contributed by atoms with van der Waals surface area (Å²) in [4.78, 5) is 4.10. The lowest BCUT2D eigenvalue weighted by Crippen LogP contribution is -1.86. The lowest BCUT2D eigenvalue weighted by molar-refractivity contribution is 0.961. The maximum Gasteiger partial charge on any atom is 0.0949 e. The van der Waals surface area contributed by atoms with Gasteiger partial charge in [0.1, 0.15) is 0 Å². The van der Waals surface area contributed by atoms with Crippen LogP contribution in [0.3, 0.4) is 0 Å².